The summed E-state index contributed by atoms with van der Waals surface area (Å²) in [5.41, 5.74) is 10.2. The van der Waals surface area contributed by atoms with Crippen molar-refractivity contribution in [2.45, 2.75) is 59.5 Å². The molecule has 1 aliphatic rings. The molecule has 3 aromatic rings. The highest BCUT2D eigenvalue weighted by Crippen LogP contribution is 2.44. The number of rotatable bonds is 6. The van der Waals surface area contributed by atoms with Gasteiger partial charge in [0.15, 0.2) is 0 Å². The van der Waals surface area contributed by atoms with Crippen LogP contribution < -0.4 is 16.4 Å². The molecule has 1 aromatic carbocycles. The van der Waals surface area contributed by atoms with E-state index in [2.05, 4.69) is 36.5 Å². The van der Waals surface area contributed by atoms with Crippen LogP contribution in [-0.2, 0) is 0 Å². The number of fused-ring (bicyclic) bond motifs is 1. The Morgan fingerprint density at radius 1 is 1.15 bits per heavy atom. The van der Waals surface area contributed by atoms with Crippen molar-refractivity contribution >= 4 is 23.0 Å². The SMILES string of the molecule is CC(C)NC(=O)c1ccc(-c2cc3c(N[C@@H]4CCC(C)C4(C)C)c(C(N)=O)cnn3c2)cc1. The molecule has 0 spiro atoms. The zero-order valence-electron chi connectivity index (χ0n) is 20.0. The van der Waals surface area contributed by atoms with Crippen molar-refractivity contribution in [3.63, 3.8) is 0 Å². The van der Waals surface area contributed by atoms with Crippen LogP contribution in [0.5, 0.6) is 0 Å². The molecule has 2 amide bonds. The van der Waals surface area contributed by atoms with Crippen LogP contribution in [0.15, 0.2) is 42.7 Å². The number of primary amides is 1. The first-order chi connectivity index (χ1) is 15.6. The molecule has 1 fully saturated rings. The molecule has 0 bridgehead atoms. The van der Waals surface area contributed by atoms with E-state index in [9.17, 15) is 9.59 Å². The molecule has 2 heterocycles. The van der Waals surface area contributed by atoms with Gasteiger partial charge in [0.1, 0.15) is 0 Å². The van der Waals surface area contributed by atoms with E-state index in [-0.39, 0.29) is 23.4 Å². The van der Waals surface area contributed by atoms with Crippen molar-refractivity contribution in [3.8, 4) is 11.1 Å². The maximum absolute atomic E-state index is 12.3. The minimum Gasteiger partial charge on any atom is -0.379 e. The second kappa shape index (κ2) is 8.54. The lowest BCUT2D eigenvalue weighted by molar-refractivity contribution is 0.0942. The van der Waals surface area contributed by atoms with Crippen molar-refractivity contribution in [2.24, 2.45) is 17.1 Å². The first-order valence-corrected chi connectivity index (χ1v) is 11.6. The molecule has 2 atom stereocenters. The van der Waals surface area contributed by atoms with Crippen LogP contribution in [0.25, 0.3) is 16.6 Å². The first kappa shape index (κ1) is 22.8. The summed E-state index contributed by atoms with van der Waals surface area (Å²) in [6, 6.07) is 9.81. The van der Waals surface area contributed by atoms with Crippen LogP contribution in [0.3, 0.4) is 0 Å². The minimum absolute atomic E-state index is 0.0817. The smallest absolute Gasteiger partial charge is 0.252 e. The lowest BCUT2D eigenvalue weighted by Crippen LogP contribution is -2.35. The fourth-order valence-electron chi connectivity index (χ4n) is 4.65. The molecule has 174 valence electrons. The number of anilines is 1. The summed E-state index contributed by atoms with van der Waals surface area (Å²) in [6.45, 7) is 10.7. The lowest BCUT2D eigenvalue weighted by atomic mass is 9.80. The third kappa shape index (κ3) is 4.32. The average Bonchev–Trinajstić information content (AvgIpc) is 3.30. The quantitative estimate of drug-likeness (QED) is 0.519. The van der Waals surface area contributed by atoms with Gasteiger partial charge in [0, 0.05) is 29.4 Å². The van der Waals surface area contributed by atoms with Gasteiger partial charge in [0.25, 0.3) is 11.8 Å². The number of hydrogen-bond donors (Lipinski definition) is 3. The zero-order chi connectivity index (χ0) is 23.9. The molecule has 0 saturated heterocycles. The van der Waals surface area contributed by atoms with Gasteiger partial charge < -0.3 is 16.4 Å². The van der Waals surface area contributed by atoms with Crippen molar-refractivity contribution < 1.29 is 9.59 Å². The predicted molar refractivity (Wildman–Crippen MR) is 131 cm³/mol. The van der Waals surface area contributed by atoms with Crippen LogP contribution >= 0.6 is 0 Å². The second-order valence-corrected chi connectivity index (χ2v) is 10.1. The largest absolute Gasteiger partial charge is 0.379 e. The Morgan fingerprint density at radius 2 is 1.85 bits per heavy atom. The number of hydrogen-bond acceptors (Lipinski definition) is 4. The number of carbonyl (C=O) groups is 2. The van der Waals surface area contributed by atoms with Gasteiger partial charge in [-0.3, -0.25) is 9.59 Å². The summed E-state index contributed by atoms with van der Waals surface area (Å²) in [6.07, 6.45) is 5.64. The number of nitrogens with zero attached hydrogens (tertiary/aromatic N) is 2. The van der Waals surface area contributed by atoms with E-state index in [0.717, 1.165) is 35.2 Å². The Balaban J connectivity index is 1.71. The molecular formula is C26H33N5O2. The van der Waals surface area contributed by atoms with Crippen molar-refractivity contribution in [1.82, 2.24) is 14.9 Å². The monoisotopic (exact) mass is 447 g/mol. The predicted octanol–water partition coefficient (Wildman–Crippen LogP) is 4.48. The van der Waals surface area contributed by atoms with E-state index in [0.29, 0.717) is 17.0 Å². The molecule has 2 aromatic heterocycles. The highest BCUT2D eigenvalue weighted by Gasteiger charge is 2.41. The molecule has 33 heavy (non-hydrogen) atoms. The highest BCUT2D eigenvalue weighted by molar-refractivity contribution is 6.02. The van der Waals surface area contributed by atoms with E-state index in [4.69, 9.17) is 5.73 Å². The summed E-state index contributed by atoms with van der Waals surface area (Å²) >= 11 is 0. The third-order valence-corrected chi connectivity index (χ3v) is 7.18. The molecule has 7 heteroatoms. The summed E-state index contributed by atoms with van der Waals surface area (Å²) < 4.78 is 1.77. The van der Waals surface area contributed by atoms with E-state index in [1.807, 2.05) is 50.4 Å². The Kier molecular flexibility index (Phi) is 5.91. The number of nitrogens with two attached hydrogens (primary N) is 1. The fourth-order valence-corrected chi connectivity index (χ4v) is 4.65. The van der Waals surface area contributed by atoms with E-state index < -0.39 is 5.91 Å². The van der Waals surface area contributed by atoms with Crippen LogP contribution in [-0.4, -0.2) is 33.5 Å². The molecule has 1 saturated carbocycles. The lowest BCUT2D eigenvalue weighted by Gasteiger charge is -2.33. The number of carbonyl (C=O) groups excluding carboxylic acids is 2. The van der Waals surface area contributed by atoms with Gasteiger partial charge in [0.2, 0.25) is 0 Å². The second-order valence-electron chi connectivity index (χ2n) is 10.1. The van der Waals surface area contributed by atoms with Gasteiger partial charge in [-0.15, -0.1) is 0 Å². The normalized spacial score (nSPS) is 19.7. The summed E-state index contributed by atoms with van der Waals surface area (Å²) in [7, 11) is 0. The van der Waals surface area contributed by atoms with Crippen molar-refractivity contribution in [2.75, 3.05) is 5.32 Å². The van der Waals surface area contributed by atoms with Crippen LogP contribution in [0.2, 0.25) is 0 Å². The van der Waals surface area contributed by atoms with E-state index >= 15 is 0 Å². The average molecular weight is 448 g/mol. The van der Waals surface area contributed by atoms with Crippen LogP contribution in [0.1, 0.15) is 68.2 Å². The molecule has 4 N–H and O–H groups in total. The number of amides is 2. The Bertz CT molecular complexity index is 1190. The van der Waals surface area contributed by atoms with Gasteiger partial charge in [-0.2, -0.15) is 5.10 Å². The van der Waals surface area contributed by atoms with Crippen LogP contribution in [0.4, 0.5) is 5.69 Å². The standard InChI is InChI=1S/C26H33N5O2/c1-15(2)29-25(33)18-9-7-17(8-10-18)19-12-21-23(20(24(27)32)13-28-31(21)14-19)30-22-11-6-16(3)26(22,4)5/h7-10,12-16,22,30H,6,11H2,1-5H3,(H2,27,32)(H,29,33)/t16?,22-/m1/s1. The zero-order valence-corrected chi connectivity index (χ0v) is 20.0. The van der Waals surface area contributed by atoms with Crippen molar-refractivity contribution in [3.05, 3.63) is 53.9 Å². The fraction of sp³-hybridized carbons (Fsp3) is 0.423. The minimum atomic E-state index is -0.500. The van der Waals surface area contributed by atoms with Crippen LogP contribution in [0, 0.1) is 11.3 Å². The van der Waals surface area contributed by atoms with Gasteiger partial charge in [-0.1, -0.05) is 32.9 Å². The molecule has 0 aliphatic heterocycles. The molecule has 1 unspecified atom stereocenters. The van der Waals surface area contributed by atoms with Gasteiger partial charge in [-0.05, 0) is 61.8 Å². The number of aromatic nitrogens is 2. The topological polar surface area (TPSA) is 102 Å². The van der Waals surface area contributed by atoms with Gasteiger partial charge in [0.05, 0.1) is 23.0 Å². The molecule has 7 nitrogen and oxygen atoms in total. The van der Waals surface area contributed by atoms with E-state index in [1.165, 1.54) is 6.20 Å². The van der Waals surface area contributed by atoms with Gasteiger partial charge >= 0.3 is 0 Å². The molecule has 4 rings (SSSR count). The van der Waals surface area contributed by atoms with Gasteiger partial charge in [-0.25, -0.2) is 4.52 Å². The Hall–Kier alpha value is -3.35. The summed E-state index contributed by atoms with van der Waals surface area (Å²) in [5.74, 6) is -0.00971. The molecule has 0 radical (unpaired) electrons. The first-order valence-electron chi connectivity index (χ1n) is 11.6. The molecular weight excluding hydrogens is 414 g/mol. The maximum Gasteiger partial charge on any atom is 0.252 e. The van der Waals surface area contributed by atoms with Crippen molar-refractivity contribution in [1.29, 1.82) is 0 Å². The third-order valence-electron chi connectivity index (χ3n) is 7.18. The summed E-state index contributed by atoms with van der Waals surface area (Å²) in [5, 5.41) is 11.0. The summed E-state index contributed by atoms with van der Waals surface area (Å²) in [4.78, 5) is 24.5. The number of nitrogens with one attached hydrogen (secondary N) is 2. The Morgan fingerprint density at radius 3 is 2.42 bits per heavy atom. The maximum atomic E-state index is 12.3. The van der Waals surface area contributed by atoms with E-state index in [1.54, 1.807) is 4.52 Å². The highest BCUT2D eigenvalue weighted by atomic mass is 16.2. The Labute approximate surface area is 194 Å². The molecule has 1 aliphatic carbocycles. The number of benzene rings is 1.